The molecule has 2 aromatic heterocycles. The number of carbonyl (C=O) groups is 1. The maximum Gasteiger partial charge on any atom is 0.222 e. The van der Waals surface area contributed by atoms with Crippen molar-refractivity contribution in [3.8, 4) is 0 Å². The Bertz CT molecular complexity index is 1030. The van der Waals surface area contributed by atoms with E-state index in [4.69, 9.17) is 0 Å². The summed E-state index contributed by atoms with van der Waals surface area (Å²) < 4.78 is 3.95. The van der Waals surface area contributed by atoms with Crippen LogP contribution in [-0.4, -0.2) is 54.4 Å². The first-order valence-corrected chi connectivity index (χ1v) is 10.4. The minimum atomic E-state index is -0.404. The Morgan fingerprint density at radius 2 is 1.97 bits per heavy atom. The minimum Gasteiger partial charge on any atom is -0.391 e. The average molecular weight is 393 g/mol. The lowest BCUT2D eigenvalue weighted by Crippen LogP contribution is -2.36. The van der Waals surface area contributed by atoms with E-state index in [1.165, 1.54) is 0 Å². The Morgan fingerprint density at radius 3 is 2.76 bits per heavy atom. The number of imidazole rings is 1. The molecule has 0 radical (unpaired) electrons. The molecule has 0 bridgehead atoms. The molecule has 0 unspecified atom stereocenters. The van der Waals surface area contributed by atoms with Crippen molar-refractivity contribution in [1.29, 1.82) is 0 Å². The Morgan fingerprint density at radius 1 is 1.17 bits per heavy atom. The van der Waals surface area contributed by atoms with Gasteiger partial charge in [-0.2, -0.15) is 5.10 Å². The van der Waals surface area contributed by atoms with E-state index >= 15 is 0 Å². The lowest BCUT2D eigenvalue weighted by Gasteiger charge is -2.36. The lowest BCUT2D eigenvalue weighted by molar-refractivity contribution is -0.130. The zero-order chi connectivity index (χ0) is 20.0. The van der Waals surface area contributed by atoms with E-state index in [2.05, 4.69) is 20.7 Å². The number of aromatic nitrogens is 4. The second-order valence-electron chi connectivity index (χ2n) is 8.51. The third-order valence-corrected chi connectivity index (χ3v) is 6.82. The number of benzene rings is 1. The highest BCUT2D eigenvalue weighted by atomic mass is 16.3. The molecular weight excluding hydrogens is 366 g/mol. The largest absolute Gasteiger partial charge is 0.391 e. The first-order valence-electron chi connectivity index (χ1n) is 10.4. The number of aryl methyl sites for hydroxylation is 2. The third kappa shape index (κ3) is 3.33. The molecule has 4 atom stereocenters. The molecule has 3 heterocycles. The standard InChI is InChI=1S/C22H27N5O2/c1-25-17(8-9-24-25)6-7-22(29)26-12-15-10-20(21(28)11-16(15)13-26)27-14-23-18-4-2-3-5-19(18)27/h2-5,8-9,14-16,20-21,28H,6-7,10-13H2,1H3/t15-,16+,20-,21-/m1/s1. The summed E-state index contributed by atoms with van der Waals surface area (Å²) in [6.45, 7) is 1.56. The molecule has 5 rings (SSSR count). The summed E-state index contributed by atoms with van der Waals surface area (Å²) in [4.78, 5) is 19.3. The smallest absolute Gasteiger partial charge is 0.222 e. The molecule has 1 aromatic carbocycles. The Balaban J connectivity index is 1.26. The Labute approximate surface area is 169 Å². The number of rotatable bonds is 4. The summed E-state index contributed by atoms with van der Waals surface area (Å²) in [5, 5.41) is 15.0. The van der Waals surface area contributed by atoms with Crippen LogP contribution in [0.15, 0.2) is 42.9 Å². The van der Waals surface area contributed by atoms with Crippen LogP contribution in [0.4, 0.5) is 0 Å². The topological polar surface area (TPSA) is 76.2 Å². The normalized spacial score (nSPS) is 26.8. The Kier molecular flexibility index (Phi) is 4.62. The van der Waals surface area contributed by atoms with Crippen LogP contribution in [0.5, 0.6) is 0 Å². The van der Waals surface area contributed by atoms with Gasteiger partial charge in [0.05, 0.1) is 29.5 Å². The minimum absolute atomic E-state index is 0.0214. The number of hydrogen-bond acceptors (Lipinski definition) is 4. The number of nitrogens with zero attached hydrogens (tertiary/aromatic N) is 5. The van der Waals surface area contributed by atoms with Crippen LogP contribution in [0.1, 0.15) is 31.0 Å². The molecule has 1 saturated heterocycles. The van der Waals surface area contributed by atoms with Crippen LogP contribution in [0.2, 0.25) is 0 Å². The lowest BCUT2D eigenvalue weighted by atomic mass is 9.77. The van der Waals surface area contributed by atoms with E-state index in [9.17, 15) is 9.90 Å². The second-order valence-corrected chi connectivity index (χ2v) is 8.51. The number of fused-ring (bicyclic) bond motifs is 2. The molecule has 1 N–H and O–H groups in total. The first kappa shape index (κ1) is 18.4. The molecule has 2 fully saturated rings. The van der Waals surface area contributed by atoms with E-state index in [1.54, 1.807) is 6.20 Å². The van der Waals surface area contributed by atoms with Crippen molar-refractivity contribution in [3.63, 3.8) is 0 Å². The van der Waals surface area contributed by atoms with Gasteiger partial charge in [-0.15, -0.1) is 0 Å². The molecule has 1 saturated carbocycles. The molecule has 1 aliphatic carbocycles. The van der Waals surface area contributed by atoms with Crippen LogP contribution >= 0.6 is 0 Å². The van der Waals surface area contributed by atoms with Crippen LogP contribution in [-0.2, 0) is 18.3 Å². The summed E-state index contributed by atoms with van der Waals surface area (Å²) >= 11 is 0. The molecule has 7 nitrogen and oxygen atoms in total. The van der Waals surface area contributed by atoms with E-state index in [-0.39, 0.29) is 11.9 Å². The van der Waals surface area contributed by atoms with Crippen molar-refractivity contribution in [3.05, 3.63) is 48.5 Å². The predicted octanol–water partition coefficient (Wildman–Crippen LogP) is 2.17. The molecule has 1 aliphatic heterocycles. The van der Waals surface area contributed by atoms with Gasteiger partial charge in [0.2, 0.25) is 5.91 Å². The SMILES string of the molecule is Cn1nccc1CCC(=O)N1C[C@H]2C[C@@H](n3cnc4ccccc43)[C@H](O)C[C@H]2C1. The number of amides is 1. The highest BCUT2D eigenvalue weighted by molar-refractivity contribution is 5.77. The maximum absolute atomic E-state index is 12.8. The molecule has 7 heteroatoms. The van der Waals surface area contributed by atoms with Gasteiger partial charge in [-0.25, -0.2) is 4.98 Å². The zero-order valence-electron chi connectivity index (χ0n) is 16.7. The molecule has 29 heavy (non-hydrogen) atoms. The number of likely N-dealkylation sites (tertiary alicyclic amines) is 1. The van der Waals surface area contributed by atoms with Crippen molar-refractivity contribution in [2.45, 2.75) is 37.8 Å². The molecule has 1 amide bonds. The zero-order valence-corrected chi connectivity index (χ0v) is 16.7. The van der Waals surface area contributed by atoms with Crippen LogP contribution in [0.25, 0.3) is 11.0 Å². The highest BCUT2D eigenvalue weighted by Gasteiger charge is 2.43. The van der Waals surface area contributed by atoms with Crippen LogP contribution < -0.4 is 0 Å². The van der Waals surface area contributed by atoms with Crippen molar-refractivity contribution in [2.24, 2.45) is 18.9 Å². The van der Waals surface area contributed by atoms with Crippen molar-refractivity contribution < 1.29 is 9.90 Å². The predicted molar refractivity (Wildman–Crippen MR) is 109 cm³/mol. The van der Waals surface area contributed by atoms with Gasteiger partial charge in [-0.3, -0.25) is 9.48 Å². The number of carbonyl (C=O) groups excluding carboxylic acids is 1. The monoisotopic (exact) mass is 393 g/mol. The van der Waals surface area contributed by atoms with Gasteiger partial charge in [0.15, 0.2) is 0 Å². The van der Waals surface area contributed by atoms with Crippen molar-refractivity contribution >= 4 is 16.9 Å². The summed E-state index contributed by atoms with van der Waals surface area (Å²) in [6.07, 6.45) is 6.07. The van der Waals surface area contributed by atoms with E-state index in [0.29, 0.717) is 24.7 Å². The maximum atomic E-state index is 12.8. The van der Waals surface area contributed by atoms with E-state index in [1.807, 2.05) is 47.2 Å². The Hall–Kier alpha value is -2.67. The van der Waals surface area contributed by atoms with Gasteiger partial charge in [0.25, 0.3) is 0 Å². The van der Waals surface area contributed by atoms with Crippen LogP contribution in [0, 0.1) is 11.8 Å². The molecule has 2 aliphatic rings. The number of hydrogen-bond donors (Lipinski definition) is 1. The summed E-state index contributed by atoms with van der Waals surface area (Å²) in [7, 11) is 1.91. The summed E-state index contributed by atoms with van der Waals surface area (Å²) in [6, 6.07) is 10.0. The quantitative estimate of drug-likeness (QED) is 0.737. The first-order chi connectivity index (χ1) is 14.1. The summed E-state index contributed by atoms with van der Waals surface area (Å²) in [5.74, 6) is 1.03. The fraction of sp³-hybridized carbons (Fsp3) is 0.500. The third-order valence-electron chi connectivity index (χ3n) is 6.82. The van der Waals surface area contributed by atoms with Gasteiger partial charge >= 0.3 is 0 Å². The molecule has 0 spiro atoms. The number of para-hydroxylation sites is 2. The van der Waals surface area contributed by atoms with E-state index in [0.717, 1.165) is 42.7 Å². The van der Waals surface area contributed by atoms with Crippen LogP contribution in [0.3, 0.4) is 0 Å². The van der Waals surface area contributed by atoms with Gasteiger partial charge in [-0.1, -0.05) is 12.1 Å². The molecule has 152 valence electrons. The van der Waals surface area contributed by atoms with Crippen molar-refractivity contribution in [2.75, 3.05) is 13.1 Å². The number of aliphatic hydroxyl groups excluding tert-OH is 1. The number of aliphatic hydroxyl groups is 1. The fourth-order valence-corrected chi connectivity index (χ4v) is 5.19. The van der Waals surface area contributed by atoms with Crippen molar-refractivity contribution in [1.82, 2.24) is 24.2 Å². The van der Waals surface area contributed by atoms with E-state index < -0.39 is 6.10 Å². The molecule has 3 aromatic rings. The average Bonchev–Trinajstić information content (AvgIpc) is 3.43. The van der Waals surface area contributed by atoms with Gasteiger partial charge < -0.3 is 14.6 Å². The highest BCUT2D eigenvalue weighted by Crippen LogP contribution is 2.42. The fourth-order valence-electron chi connectivity index (χ4n) is 5.19. The van der Waals surface area contributed by atoms with Gasteiger partial charge in [0, 0.05) is 38.4 Å². The molecular formula is C22H27N5O2. The van der Waals surface area contributed by atoms with Gasteiger partial charge in [-0.05, 0) is 49.3 Å². The van der Waals surface area contributed by atoms with Gasteiger partial charge in [0.1, 0.15) is 0 Å². The second kappa shape index (κ2) is 7.30. The summed E-state index contributed by atoms with van der Waals surface area (Å²) in [5.41, 5.74) is 3.11.